The van der Waals surface area contributed by atoms with E-state index in [0.29, 0.717) is 12.2 Å². The predicted molar refractivity (Wildman–Crippen MR) is 72.9 cm³/mol. The molecule has 4 nitrogen and oxygen atoms in total. The minimum atomic E-state index is -0.0814. The molecule has 1 saturated heterocycles. The molecule has 2 heterocycles. The third kappa shape index (κ3) is 3.22. The molecule has 98 valence electrons. The lowest BCUT2D eigenvalue weighted by Gasteiger charge is -2.28. The molecule has 0 aliphatic carbocycles. The Hall–Kier alpha value is -1.58. The van der Waals surface area contributed by atoms with Gasteiger partial charge in [-0.1, -0.05) is 6.92 Å². The van der Waals surface area contributed by atoms with Crippen LogP contribution in [0.3, 0.4) is 0 Å². The Morgan fingerprint density at radius 3 is 2.72 bits per heavy atom. The maximum atomic E-state index is 11.7. The standard InChI is InChI=1S/C14H21N3O/c1-2-8-15-14(18)13-7-6-12(11-16-13)17-9-4-3-5-10-17/h6-7,11H,2-5,8-10H2,1H3,(H,15,18). The summed E-state index contributed by atoms with van der Waals surface area (Å²) in [5, 5.41) is 2.83. The topological polar surface area (TPSA) is 45.2 Å². The van der Waals surface area contributed by atoms with E-state index >= 15 is 0 Å². The van der Waals surface area contributed by atoms with Crippen molar-refractivity contribution in [1.29, 1.82) is 0 Å². The van der Waals surface area contributed by atoms with Gasteiger partial charge in [-0.15, -0.1) is 0 Å². The first-order valence-electron chi connectivity index (χ1n) is 6.80. The molecular formula is C14H21N3O. The van der Waals surface area contributed by atoms with Crippen LogP contribution in [0.25, 0.3) is 0 Å². The summed E-state index contributed by atoms with van der Waals surface area (Å²) >= 11 is 0. The van der Waals surface area contributed by atoms with E-state index in [4.69, 9.17) is 0 Å². The molecule has 18 heavy (non-hydrogen) atoms. The number of aromatic nitrogens is 1. The number of pyridine rings is 1. The number of carbonyl (C=O) groups excluding carboxylic acids is 1. The first-order valence-corrected chi connectivity index (χ1v) is 6.80. The minimum Gasteiger partial charge on any atom is -0.370 e. The Balaban J connectivity index is 1.98. The number of hydrogen-bond acceptors (Lipinski definition) is 3. The first-order chi connectivity index (χ1) is 8.81. The van der Waals surface area contributed by atoms with Crippen molar-refractivity contribution in [3.05, 3.63) is 24.0 Å². The highest BCUT2D eigenvalue weighted by molar-refractivity contribution is 5.92. The van der Waals surface area contributed by atoms with Crippen molar-refractivity contribution < 1.29 is 4.79 Å². The molecule has 1 aliphatic rings. The van der Waals surface area contributed by atoms with Gasteiger partial charge in [0.1, 0.15) is 5.69 Å². The second kappa shape index (κ2) is 6.38. The molecule has 0 aromatic carbocycles. The van der Waals surface area contributed by atoms with Crippen LogP contribution in [0.15, 0.2) is 18.3 Å². The summed E-state index contributed by atoms with van der Waals surface area (Å²) in [7, 11) is 0. The maximum Gasteiger partial charge on any atom is 0.269 e. The average molecular weight is 247 g/mol. The molecular weight excluding hydrogens is 226 g/mol. The van der Waals surface area contributed by atoms with Gasteiger partial charge in [-0.05, 0) is 37.8 Å². The third-order valence-corrected chi connectivity index (χ3v) is 3.24. The van der Waals surface area contributed by atoms with E-state index < -0.39 is 0 Å². The van der Waals surface area contributed by atoms with Crippen LogP contribution in [0.4, 0.5) is 5.69 Å². The van der Waals surface area contributed by atoms with Crippen molar-refractivity contribution in [1.82, 2.24) is 10.3 Å². The molecule has 4 heteroatoms. The summed E-state index contributed by atoms with van der Waals surface area (Å²) in [5.41, 5.74) is 1.63. The van der Waals surface area contributed by atoms with Gasteiger partial charge < -0.3 is 10.2 Å². The lowest BCUT2D eigenvalue weighted by atomic mass is 10.1. The number of anilines is 1. The highest BCUT2D eigenvalue weighted by Crippen LogP contribution is 2.18. The molecule has 1 fully saturated rings. The minimum absolute atomic E-state index is 0.0814. The Kier molecular flexibility index (Phi) is 4.56. The number of hydrogen-bond donors (Lipinski definition) is 1. The van der Waals surface area contributed by atoms with Gasteiger partial charge in [0.05, 0.1) is 11.9 Å². The van der Waals surface area contributed by atoms with Crippen molar-refractivity contribution in [2.75, 3.05) is 24.5 Å². The van der Waals surface area contributed by atoms with E-state index in [2.05, 4.69) is 15.2 Å². The van der Waals surface area contributed by atoms with Crippen molar-refractivity contribution >= 4 is 11.6 Å². The summed E-state index contributed by atoms with van der Waals surface area (Å²) < 4.78 is 0. The number of carbonyl (C=O) groups is 1. The van der Waals surface area contributed by atoms with Crippen molar-refractivity contribution in [2.45, 2.75) is 32.6 Å². The number of amides is 1. The maximum absolute atomic E-state index is 11.7. The first kappa shape index (κ1) is 12.9. The van der Waals surface area contributed by atoms with Gasteiger partial charge in [0.25, 0.3) is 5.91 Å². The van der Waals surface area contributed by atoms with Crippen LogP contribution in [0.5, 0.6) is 0 Å². The molecule has 1 aliphatic heterocycles. The molecule has 0 atom stereocenters. The average Bonchev–Trinajstić information content (AvgIpc) is 2.46. The highest BCUT2D eigenvalue weighted by atomic mass is 16.1. The third-order valence-electron chi connectivity index (χ3n) is 3.24. The van der Waals surface area contributed by atoms with Crippen LogP contribution in [-0.2, 0) is 0 Å². The molecule has 1 N–H and O–H groups in total. The zero-order valence-electron chi connectivity index (χ0n) is 11.0. The normalized spacial score (nSPS) is 15.5. The SMILES string of the molecule is CCCNC(=O)c1ccc(N2CCCCC2)cn1. The largest absolute Gasteiger partial charge is 0.370 e. The predicted octanol–water partition coefficient (Wildman–Crippen LogP) is 2.21. The van der Waals surface area contributed by atoms with Gasteiger partial charge in [0.2, 0.25) is 0 Å². The molecule has 1 aromatic heterocycles. The summed E-state index contributed by atoms with van der Waals surface area (Å²) in [6.45, 7) is 4.94. The van der Waals surface area contributed by atoms with Crippen LogP contribution < -0.4 is 10.2 Å². The van der Waals surface area contributed by atoms with Crippen molar-refractivity contribution in [3.63, 3.8) is 0 Å². The molecule has 0 spiro atoms. The summed E-state index contributed by atoms with van der Waals surface area (Å²) in [4.78, 5) is 18.3. The van der Waals surface area contributed by atoms with Crippen LogP contribution in [0.1, 0.15) is 43.1 Å². The van der Waals surface area contributed by atoms with E-state index in [-0.39, 0.29) is 5.91 Å². The van der Waals surface area contributed by atoms with Gasteiger partial charge in [-0.2, -0.15) is 0 Å². The van der Waals surface area contributed by atoms with E-state index in [0.717, 1.165) is 25.2 Å². The fraction of sp³-hybridized carbons (Fsp3) is 0.571. The molecule has 1 aromatic rings. The quantitative estimate of drug-likeness (QED) is 0.887. The summed E-state index contributed by atoms with van der Waals surface area (Å²) in [6, 6.07) is 3.81. The van der Waals surface area contributed by atoms with Gasteiger partial charge in [0.15, 0.2) is 0 Å². The Morgan fingerprint density at radius 2 is 2.11 bits per heavy atom. The summed E-state index contributed by atoms with van der Waals surface area (Å²) in [6.07, 6.45) is 6.57. The molecule has 0 radical (unpaired) electrons. The van der Waals surface area contributed by atoms with Gasteiger partial charge >= 0.3 is 0 Å². The highest BCUT2D eigenvalue weighted by Gasteiger charge is 2.12. The second-order valence-corrected chi connectivity index (χ2v) is 4.71. The number of piperidine rings is 1. The van der Waals surface area contributed by atoms with E-state index in [1.165, 1.54) is 19.3 Å². The van der Waals surface area contributed by atoms with E-state index in [1.54, 1.807) is 0 Å². The number of rotatable bonds is 4. The van der Waals surface area contributed by atoms with E-state index in [9.17, 15) is 4.79 Å². The number of nitrogens with zero attached hydrogens (tertiary/aromatic N) is 2. The Morgan fingerprint density at radius 1 is 1.33 bits per heavy atom. The fourth-order valence-corrected chi connectivity index (χ4v) is 2.19. The van der Waals surface area contributed by atoms with Gasteiger partial charge in [-0.3, -0.25) is 4.79 Å². The van der Waals surface area contributed by atoms with Gasteiger partial charge in [0, 0.05) is 19.6 Å². The monoisotopic (exact) mass is 247 g/mol. The number of nitrogens with one attached hydrogen (secondary N) is 1. The van der Waals surface area contributed by atoms with Gasteiger partial charge in [-0.25, -0.2) is 4.98 Å². The molecule has 0 saturated carbocycles. The summed E-state index contributed by atoms with van der Waals surface area (Å²) in [5.74, 6) is -0.0814. The Labute approximate surface area is 108 Å². The molecule has 0 bridgehead atoms. The zero-order valence-corrected chi connectivity index (χ0v) is 11.0. The van der Waals surface area contributed by atoms with Crippen molar-refractivity contribution in [2.24, 2.45) is 0 Å². The smallest absolute Gasteiger partial charge is 0.269 e. The van der Waals surface area contributed by atoms with Crippen LogP contribution >= 0.6 is 0 Å². The molecule has 2 rings (SSSR count). The fourth-order valence-electron chi connectivity index (χ4n) is 2.19. The van der Waals surface area contributed by atoms with Crippen LogP contribution in [-0.4, -0.2) is 30.5 Å². The molecule has 1 amide bonds. The van der Waals surface area contributed by atoms with E-state index in [1.807, 2.05) is 25.3 Å². The Bertz CT molecular complexity index is 383. The lowest BCUT2D eigenvalue weighted by Crippen LogP contribution is -2.30. The van der Waals surface area contributed by atoms with Crippen LogP contribution in [0.2, 0.25) is 0 Å². The second-order valence-electron chi connectivity index (χ2n) is 4.71. The van der Waals surface area contributed by atoms with Crippen molar-refractivity contribution in [3.8, 4) is 0 Å². The molecule has 0 unspecified atom stereocenters. The van der Waals surface area contributed by atoms with Crippen LogP contribution in [0, 0.1) is 0 Å². The lowest BCUT2D eigenvalue weighted by molar-refractivity contribution is 0.0948. The zero-order chi connectivity index (χ0) is 12.8.